The van der Waals surface area contributed by atoms with Gasteiger partial charge in [0.25, 0.3) is 0 Å². The molecule has 0 aliphatic heterocycles. The van der Waals surface area contributed by atoms with Gasteiger partial charge in [0.1, 0.15) is 18.0 Å². The summed E-state index contributed by atoms with van der Waals surface area (Å²) in [6, 6.07) is 1.31. The summed E-state index contributed by atoms with van der Waals surface area (Å²) >= 11 is 0. The summed E-state index contributed by atoms with van der Waals surface area (Å²) in [6.07, 6.45) is 5.41. The fourth-order valence-corrected chi connectivity index (χ4v) is 2.28. The van der Waals surface area contributed by atoms with Crippen molar-refractivity contribution in [3.63, 3.8) is 0 Å². The molecule has 0 radical (unpaired) electrons. The Hall–Kier alpha value is -1.36. The molecular weight excluding hydrogens is 250 g/mol. The molecule has 0 bridgehead atoms. The van der Waals surface area contributed by atoms with E-state index in [1.165, 1.54) is 12.8 Å². The van der Waals surface area contributed by atoms with E-state index in [2.05, 4.69) is 53.3 Å². The van der Waals surface area contributed by atoms with Crippen LogP contribution in [0.25, 0.3) is 0 Å². The van der Waals surface area contributed by atoms with Gasteiger partial charge in [-0.25, -0.2) is 9.97 Å². The second-order valence-electron chi connectivity index (χ2n) is 5.75. The van der Waals surface area contributed by atoms with Crippen LogP contribution in [-0.4, -0.2) is 47.1 Å². The third-order valence-electron chi connectivity index (χ3n) is 4.01. The number of hydrogen-bond acceptors (Lipinski definition) is 5. The molecule has 1 fully saturated rings. The predicted octanol–water partition coefficient (Wildman–Crippen LogP) is 2.50. The fraction of sp³-hybridized carbons (Fsp3) is 0.733. The molecule has 0 aromatic carbocycles. The van der Waals surface area contributed by atoms with E-state index in [9.17, 15) is 0 Å². The van der Waals surface area contributed by atoms with E-state index in [0.29, 0.717) is 6.04 Å². The number of anilines is 2. The summed E-state index contributed by atoms with van der Waals surface area (Å²) < 4.78 is 0. The minimum absolute atomic E-state index is 0.518. The van der Waals surface area contributed by atoms with Crippen LogP contribution in [0.4, 0.5) is 11.6 Å². The fourth-order valence-electron chi connectivity index (χ4n) is 2.28. The molecule has 112 valence electrons. The number of aromatic nitrogens is 2. The van der Waals surface area contributed by atoms with Crippen molar-refractivity contribution in [3.05, 3.63) is 11.9 Å². The molecule has 1 saturated carbocycles. The van der Waals surface area contributed by atoms with Gasteiger partial charge in [-0.15, -0.1) is 0 Å². The second-order valence-corrected chi connectivity index (χ2v) is 5.75. The second kappa shape index (κ2) is 6.88. The third-order valence-corrected chi connectivity index (χ3v) is 4.01. The highest BCUT2D eigenvalue weighted by atomic mass is 15.2. The molecule has 0 saturated heterocycles. The molecule has 0 amide bonds. The summed E-state index contributed by atoms with van der Waals surface area (Å²) in [5.74, 6) is 1.88. The van der Waals surface area contributed by atoms with Crippen LogP contribution < -0.4 is 10.6 Å². The summed E-state index contributed by atoms with van der Waals surface area (Å²) in [7, 11) is 2.21. The Bertz CT molecular complexity index is 430. The van der Waals surface area contributed by atoms with E-state index in [-0.39, 0.29) is 0 Å². The molecule has 1 unspecified atom stereocenters. The van der Waals surface area contributed by atoms with Crippen molar-refractivity contribution in [3.8, 4) is 0 Å². The minimum atomic E-state index is 0.518. The maximum absolute atomic E-state index is 4.36. The maximum Gasteiger partial charge on any atom is 0.134 e. The van der Waals surface area contributed by atoms with Gasteiger partial charge in [-0.3, -0.25) is 4.90 Å². The van der Waals surface area contributed by atoms with E-state index in [1.807, 2.05) is 0 Å². The summed E-state index contributed by atoms with van der Waals surface area (Å²) in [4.78, 5) is 11.1. The Morgan fingerprint density at radius 1 is 1.30 bits per heavy atom. The van der Waals surface area contributed by atoms with Gasteiger partial charge < -0.3 is 10.6 Å². The van der Waals surface area contributed by atoms with E-state index in [0.717, 1.165) is 42.8 Å². The zero-order chi connectivity index (χ0) is 14.5. The molecule has 1 aliphatic rings. The van der Waals surface area contributed by atoms with Crippen molar-refractivity contribution in [2.24, 2.45) is 0 Å². The number of rotatable bonds is 8. The van der Waals surface area contributed by atoms with Crippen LogP contribution in [0.3, 0.4) is 0 Å². The first kappa shape index (κ1) is 15.0. The normalized spacial score (nSPS) is 16.2. The molecule has 5 nitrogen and oxygen atoms in total. The van der Waals surface area contributed by atoms with Crippen molar-refractivity contribution in [1.29, 1.82) is 0 Å². The van der Waals surface area contributed by atoms with Gasteiger partial charge in [-0.2, -0.15) is 0 Å². The lowest BCUT2D eigenvalue weighted by molar-refractivity contribution is 0.257. The molecule has 2 N–H and O–H groups in total. The number of nitrogens with one attached hydrogen (secondary N) is 2. The largest absolute Gasteiger partial charge is 0.370 e. The van der Waals surface area contributed by atoms with Gasteiger partial charge in [0.15, 0.2) is 0 Å². The quantitative estimate of drug-likeness (QED) is 0.764. The van der Waals surface area contributed by atoms with Crippen molar-refractivity contribution >= 4 is 11.6 Å². The van der Waals surface area contributed by atoms with Gasteiger partial charge in [0.2, 0.25) is 0 Å². The maximum atomic E-state index is 4.36. The number of nitrogens with zero attached hydrogens (tertiary/aromatic N) is 3. The number of hydrogen-bond donors (Lipinski definition) is 2. The van der Waals surface area contributed by atoms with E-state index >= 15 is 0 Å². The van der Waals surface area contributed by atoms with Gasteiger partial charge >= 0.3 is 0 Å². The molecule has 1 aromatic rings. The first-order chi connectivity index (χ1) is 9.63. The third kappa shape index (κ3) is 3.82. The van der Waals surface area contributed by atoms with Crippen LogP contribution in [0.15, 0.2) is 6.33 Å². The molecule has 1 aromatic heterocycles. The first-order valence-corrected chi connectivity index (χ1v) is 7.64. The minimum Gasteiger partial charge on any atom is -0.370 e. The van der Waals surface area contributed by atoms with Crippen LogP contribution in [0.2, 0.25) is 0 Å². The lowest BCUT2D eigenvalue weighted by atomic mass is 10.2. The summed E-state index contributed by atoms with van der Waals surface area (Å²) in [5, 5.41) is 6.80. The highest BCUT2D eigenvalue weighted by molar-refractivity contribution is 5.56. The smallest absolute Gasteiger partial charge is 0.134 e. The average Bonchev–Trinajstić information content (AvgIpc) is 3.28. The molecule has 0 spiro atoms. The van der Waals surface area contributed by atoms with Crippen molar-refractivity contribution in [1.82, 2.24) is 14.9 Å². The highest BCUT2D eigenvalue weighted by Crippen LogP contribution is 2.27. The SMILES string of the molecule is CCCNc1ncnc(NCC(C)N(C)C2CC2)c1C. The molecule has 20 heavy (non-hydrogen) atoms. The predicted molar refractivity (Wildman–Crippen MR) is 84.3 cm³/mol. The monoisotopic (exact) mass is 277 g/mol. The Labute approximate surface area is 122 Å². The van der Waals surface area contributed by atoms with Crippen LogP contribution in [0.5, 0.6) is 0 Å². The Balaban J connectivity index is 1.91. The zero-order valence-corrected chi connectivity index (χ0v) is 13.1. The van der Waals surface area contributed by atoms with Crippen molar-refractivity contribution < 1.29 is 0 Å². The van der Waals surface area contributed by atoms with Gasteiger partial charge in [-0.1, -0.05) is 6.92 Å². The Morgan fingerprint density at radius 2 is 1.95 bits per heavy atom. The van der Waals surface area contributed by atoms with Crippen LogP contribution in [-0.2, 0) is 0 Å². The highest BCUT2D eigenvalue weighted by Gasteiger charge is 2.28. The van der Waals surface area contributed by atoms with E-state index < -0.39 is 0 Å². The Kier molecular flexibility index (Phi) is 5.17. The van der Waals surface area contributed by atoms with Crippen molar-refractivity contribution in [2.75, 3.05) is 30.8 Å². The van der Waals surface area contributed by atoms with Crippen LogP contribution in [0, 0.1) is 6.92 Å². The summed E-state index contributed by atoms with van der Waals surface area (Å²) in [5.41, 5.74) is 1.10. The summed E-state index contributed by atoms with van der Waals surface area (Å²) in [6.45, 7) is 8.34. The number of likely N-dealkylation sites (N-methyl/N-ethyl adjacent to an activating group) is 1. The zero-order valence-electron chi connectivity index (χ0n) is 13.1. The molecule has 1 atom stereocenters. The first-order valence-electron chi connectivity index (χ1n) is 7.64. The molecular formula is C15H27N5. The van der Waals surface area contributed by atoms with E-state index in [1.54, 1.807) is 6.33 Å². The van der Waals surface area contributed by atoms with Gasteiger partial charge in [0.05, 0.1) is 0 Å². The molecule has 2 rings (SSSR count). The van der Waals surface area contributed by atoms with Crippen molar-refractivity contribution in [2.45, 2.75) is 52.1 Å². The lowest BCUT2D eigenvalue weighted by Gasteiger charge is -2.25. The Morgan fingerprint density at radius 3 is 2.55 bits per heavy atom. The van der Waals surface area contributed by atoms with Crippen LogP contribution in [0.1, 0.15) is 38.7 Å². The topological polar surface area (TPSA) is 53.1 Å². The lowest BCUT2D eigenvalue weighted by Crippen LogP contribution is -2.36. The van der Waals surface area contributed by atoms with Crippen LogP contribution >= 0.6 is 0 Å². The van der Waals surface area contributed by atoms with E-state index in [4.69, 9.17) is 0 Å². The van der Waals surface area contributed by atoms with Gasteiger partial charge in [-0.05, 0) is 40.2 Å². The molecule has 1 aliphatic carbocycles. The average molecular weight is 277 g/mol. The standard InChI is InChI=1S/C15H27N5/c1-5-8-16-14-12(3)15(19-10-18-14)17-9-11(2)20(4)13-6-7-13/h10-11,13H,5-9H2,1-4H3,(H2,16,17,18,19). The van der Waals surface area contributed by atoms with Gasteiger partial charge in [0, 0.05) is 30.7 Å². The molecule has 1 heterocycles. The molecule has 5 heteroatoms.